The monoisotopic (exact) mass is 422 g/mol. The third-order valence-corrected chi connectivity index (χ3v) is 5.30. The number of hydrogen-bond acceptors (Lipinski definition) is 5. The Morgan fingerprint density at radius 1 is 1.19 bits per heavy atom. The van der Waals surface area contributed by atoms with E-state index in [0.29, 0.717) is 16.8 Å². The van der Waals surface area contributed by atoms with Crippen LogP contribution in [0.1, 0.15) is 15.9 Å². The SMILES string of the molecule is C=CC(=O)n1ccc2ccc(COc3cc(-c4cnn(C)c4)cn4ncc(C#N)c34)cc21. The van der Waals surface area contributed by atoms with Gasteiger partial charge in [0.2, 0.25) is 0 Å². The number of aryl methyl sites for hydroxylation is 1. The van der Waals surface area contributed by atoms with E-state index in [2.05, 4.69) is 22.8 Å². The second-order valence-corrected chi connectivity index (χ2v) is 7.37. The van der Waals surface area contributed by atoms with E-state index in [-0.39, 0.29) is 12.5 Å². The maximum absolute atomic E-state index is 12.1. The molecule has 156 valence electrons. The van der Waals surface area contributed by atoms with Crippen molar-refractivity contribution in [3.63, 3.8) is 0 Å². The molecule has 1 aromatic carbocycles. The van der Waals surface area contributed by atoms with Gasteiger partial charge in [-0.2, -0.15) is 15.5 Å². The summed E-state index contributed by atoms with van der Waals surface area (Å²) in [5, 5.41) is 19.0. The number of nitrogens with zero attached hydrogens (tertiary/aromatic N) is 6. The Balaban J connectivity index is 1.53. The molecule has 0 atom stereocenters. The molecule has 0 saturated heterocycles. The number of fused-ring (bicyclic) bond motifs is 2. The number of pyridine rings is 1. The molecule has 0 amide bonds. The van der Waals surface area contributed by atoms with Gasteiger partial charge in [0, 0.05) is 42.2 Å². The molecule has 0 saturated carbocycles. The number of carbonyl (C=O) groups is 1. The van der Waals surface area contributed by atoms with E-state index in [0.717, 1.165) is 27.6 Å². The van der Waals surface area contributed by atoms with Crippen LogP contribution in [-0.4, -0.2) is 29.9 Å². The molecule has 0 aliphatic heterocycles. The molecule has 0 spiro atoms. The first-order valence-corrected chi connectivity index (χ1v) is 9.87. The summed E-state index contributed by atoms with van der Waals surface area (Å²) in [5.74, 6) is 0.347. The van der Waals surface area contributed by atoms with Crippen LogP contribution in [0.2, 0.25) is 0 Å². The van der Waals surface area contributed by atoms with Gasteiger partial charge < -0.3 is 4.74 Å². The average Bonchev–Trinajstić information content (AvgIpc) is 3.54. The zero-order valence-electron chi connectivity index (χ0n) is 17.3. The van der Waals surface area contributed by atoms with Crippen molar-refractivity contribution in [2.75, 3.05) is 0 Å². The summed E-state index contributed by atoms with van der Waals surface area (Å²) in [6.45, 7) is 3.82. The van der Waals surface area contributed by atoms with Gasteiger partial charge in [-0.1, -0.05) is 18.7 Å². The van der Waals surface area contributed by atoms with Crippen molar-refractivity contribution in [2.24, 2.45) is 7.05 Å². The first-order valence-electron chi connectivity index (χ1n) is 9.87. The van der Waals surface area contributed by atoms with Crippen molar-refractivity contribution >= 4 is 22.3 Å². The molecule has 0 unspecified atom stereocenters. The minimum Gasteiger partial charge on any atom is -0.487 e. The lowest BCUT2D eigenvalue weighted by atomic mass is 10.1. The van der Waals surface area contributed by atoms with E-state index < -0.39 is 0 Å². The van der Waals surface area contributed by atoms with E-state index in [9.17, 15) is 10.1 Å². The Morgan fingerprint density at radius 2 is 2.06 bits per heavy atom. The average molecular weight is 422 g/mol. The van der Waals surface area contributed by atoms with Gasteiger partial charge in [0.25, 0.3) is 5.91 Å². The molecule has 0 bridgehead atoms. The fourth-order valence-corrected chi connectivity index (χ4v) is 3.72. The number of nitriles is 1. The van der Waals surface area contributed by atoms with Crippen molar-refractivity contribution < 1.29 is 9.53 Å². The lowest BCUT2D eigenvalue weighted by Gasteiger charge is -2.11. The van der Waals surface area contributed by atoms with Crippen LogP contribution in [0.25, 0.3) is 27.5 Å². The number of rotatable bonds is 5. The molecular weight excluding hydrogens is 404 g/mol. The van der Waals surface area contributed by atoms with Crippen molar-refractivity contribution in [3.05, 3.63) is 85.1 Å². The Kier molecular flexibility index (Phi) is 4.57. The van der Waals surface area contributed by atoms with Crippen LogP contribution in [0.5, 0.6) is 5.75 Å². The maximum atomic E-state index is 12.1. The molecule has 4 aromatic heterocycles. The Morgan fingerprint density at radius 3 is 2.81 bits per heavy atom. The molecule has 8 heteroatoms. The molecule has 0 radical (unpaired) electrons. The minimum absolute atomic E-state index is 0.193. The Bertz CT molecular complexity index is 1550. The van der Waals surface area contributed by atoms with Crippen molar-refractivity contribution in [2.45, 2.75) is 6.61 Å². The Hall–Kier alpha value is -4.64. The van der Waals surface area contributed by atoms with Crippen LogP contribution >= 0.6 is 0 Å². The first kappa shape index (κ1) is 19.3. The number of hydrogen-bond donors (Lipinski definition) is 0. The largest absolute Gasteiger partial charge is 0.487 e. The van der Waals surface area contributed by atoms with Crippen LogP contribution in [0.3, 0.4) is 0 Å². The van der Waals surface area contributed by atoms with E-state index >= 15 is 0 Å². The fourth-order valence-electron chi connectivity index (χ4n) is 3.72. The summed E-state index contributed by atoms with van der Waals surface area (Å²) in [4.78, 5) is 12.1. The van der Waals surface area contributed by atoms with E-state index in [1.165, 1.54) is 12.3 Å². The zero-order chi connectivity index (χ0) is 22.2. The lowest BCUT2D eigenvalue weighted by molar-refractivity contribution is 0.0974. The molecule has 0 aliphatic rings. The number of benzene rings is 1. The molecule has 4 heterocycles. The predicted octanol–water partition coefficient (Wildman–Crippen LogP) is 3.97. The van der Waals surface area contributed by atoms with Gasteiger partial charge in [-0.05, 0) is 29.8 Å². The summed E-state index contributed by atoms with van der Waals surface area (Å²) in [5.41, 5.74) is 4.49. The second kappa shape index (κ2) is 7.56. The number of carbonyl (C=O) groups excluding carboxylic acids is 1. The summed E-state index contributed by atoms with van der Waals surface area (Å²) >= 11 is 0. The van der Waals surface area contributed by atoms with Crippen LogP contribution in [0.4, 0.5) is 0 Å². The summed E-state index contributed by atoms with van der Waals surface area (Å²) in [7, 11) is 1.85. The van der Waals surface area contributed by atoms with Crippen molar-refractivity contribution in [1.29, 1.82) is 5.26 Å². The molecule has 0 fully saturated rings. The highest BCUT2D eigenvalue weighted by atomic mass is 16.5. The molecule has 0 aliphatic carbocycles. The third kappa shape index (κ3) is 3.22. The third-order valence-electron chi connectivity index (χ3n) is 5.30. The maximum Gasteiger partial charge on any atom is 0.254 e. The van der Waals surface area contributed by atoms with Gasteiger partial charge in [0.15, 0.2) is 0 Å². The minimum atomic E-state index is -0.193. The van der Waals surface area contributed by atoms with E-state index in [1.54, 1.807) is 26.2 Å². The topological polar surface area (TPSA) is 90.1 Å². The highest BCUT2D eigenvalue weighted by Crippen LogP contribution is 2.30. The van der Waals surface area contributed by atoms with Gasteiger partial charge in [0.05, 0.1) is 17.9 Å². The van der Waals surface area contributed by atoms with Crippen LogP contribution in [0, 0.1) is 11.3 Å². The molecule has 5 aromatic rings. The number of ether oxygens (including phenoxy) is 1. The molecular formula is C24H18N6O2. The summed E-state index contributed by atoms with van der Waals surface area (Å²) in [6.07, 6.45) is 10.0. The molecule has 8 nitrogen and oxygen atoms in total. The predicted molar refractivity (Wildman–Crippen MR) is 119 cm³/mol. The molecule has 0 N–H and O–H groups in total. The normalized spacial score (nSPS) is 11.0. The molecule has 5 rings (SSSR count). The highest BCUT2D eigenvalue weighted by molar-refractivity contribution is 5.98. The second-order valence-electron chi connectivity index (χ2n) is 7.37. The fraction of sp³-hybridized carbons (Fsp3) is 0.0833. The standard InChI is InChI=1S/C24H18N6O2/c1-3-23(31)29-7-6-17-5-4-16(8-21(17)29)15-32-22-9-18(20-12-26-28(2)13-20)14-30-24(22)19(10-25)11-27-30/h3-9,11-14H,1,15H2,2H3. The van der Waals surface area contributed by atoms with Gasteiger partial charge in [-0.15, -0.1) is 0 Å². The van der Waals surface area contributed by atoms with E-state index in [4.69, 9.17) is 4.74 Å². The smallest absolute Gasteiger partial charge is 0.254 e. The summed E-state index contributed by atoms with van der Waals surface area (Å²) in [6, 6.07) is 11.8. The van der Waals surface area contributed by atoms with Gasteiger partial charge in [-0.3, -0.25) is 14.0 Å². The number of allylic oxidation sites excluding steroid dienone is 1. The number of aromatic nitrogens is 5. The zero-order valence-corrected chi connectivity index (χ0v) is 17.3. The van der Waals surface area contributed by atoms with Gasteiger partial charge >= 0.3 is 0 Å². The Labute approximate surface area is 183 Å². The van der Waals surface area contributed by atoms with Crippen molar-refractivity contribution in [1.82, 2.24) is 24.0 Å². The van der Waals surface area contributed by atoms with E-state index in [1.807, 2.05) is 49.8 Å². The van der Waals surface area contributed by atoms with Crippen LogP contribution in [0.15, 0.2) is 74.0 Å². The first-order chi connectivity index (χ1) is 15.6. The summed E-state index contributed by atoms with van der Waals surface area (Å²) < 4.78 is 11.1. The lowest BCUT2D eigenvalue weighted by Crippen LogP contribution is -2.05. The van der Waals surface area contributed by atoms with Gasteiger partial charge in [0.1, 0.15) is 29.5 Å². The molecule has 32 heavy (non-hydrogen) atoms. The van der Waals surface area contributed by atoms with Crippen molar-refractivity contribution in [3.8, 4) is 22.9 Å². The van der Waals surface area contributed by atoms with Crippen LogP contribution < -0.4 is 4.74 Å². The van der Waals surface area contributed by atoms with Gasteiger partial charge in [-0.25, -0.2) is 4.52 Å². The highest BCUT2D eigenvalue weighted by Gasteiger charge is 2.15. The quantitative estimate of drug-likeness (QED) is 0.400. The van der Waals surface area contributed by atoms with Crippen LogP contribution in [-0.2, 0) is 13.7 Å².